The molecule has 3 heterocycles. The molecule has 1 fully saturated rings. The third-order valence-electron chi connectivity index (χ3n) is 4.87. The number of likely N-dealkylation sites (tertiary alicyclic amines) is 1. The highest BCUT2D eigenvalue weighted by molar-refractivity contribution is 7.17. The highest BCUT2D eigenvalue weighted by Crippen LogP contribution is 2.41. The first-order chi connectivity index (χ1) is 12.4. The van der Waals surface area contributed by atoms with Crippen molar-refractivity contribution in [2.45, 2.75) is 32.7 Å². The maximum absolute atomic E-state index is 13.9. The summed E-state index contributed by atoms with van der Waals surface area (Å²) in [5, 5.41) is 14.9. The van der Waals surface area contributed by atoms with Crippen LogP contribution in [0.3, 0.4) is 0 Å². The van der Waals surface area contributed by atoms with Crippen LogP contribution in [0, 0.1) is 24.5 Å². The number of fused-ring (bicyclic) bond motifs is 1. The summed E-state index contributed by atoms with van der Waals surface area (Å²) < 4.78 is 28.8. The Morgan fingerprint density at radius 1 is 1.31 bits per heavy atom. The lowest BCUT2D eigenvalue weighted by atomic mass is 9.95. The van der Waals surface area contributed by atoms with Crippen LogP contribution in [0.2, 0.25) is 0 Å². The Morgan fingerprint density at radius 3 is 2.81 bits per heavy atom. The summed E-state index contributed by atoms with van der Waals surface area (Å²) >= 11 is 1.33. The molecule has 5 nitrogen and oxygen atoms in total. The molecule has 2 aromatic heterocycles. The van der Waals surface area contributed by atoms with Crippen molar-refractivity contribution in [2.24, 2.45) is 5.92 Å². The molecule has 1 aliphatic heterocycles. The second-order valence-electron chi connectivity index (χ2n) is 6.96. The molecule has 1 N–H and O–H groups in total. The van der Waals surface area contributed by atoms with Crippen molar-refractivity contribution in [1.82, 2.24) is 19.5 Å². The topological polar surface area (TPSA) is 53.7 Å². The predicted octanol–water partition coefficient (Wildman–Crippen LogP) is 3.90. The van der Waals surface area contributed by atoms with Gasteiger partial charge in [-0.2, -0.15) is 4.52 Å². The minimum Gasteiger partial charge on any atom is -0.492 e. The van der Waals surface area contributed by atoms with Crippen LogP contribution in [0.15, 0.2) is 18.2 Å². The third kappa shape index (κ3) is 2.97. The van der Waals surface area contributed by atoms with Gasteiger partial charge in [-0.15, -0.1) is 5.10 Å². The lowest BCUT2D eigenvalue weighted by Crippen LogP contribution is -2.37. The lowest BCUT2D eigenvalue weighted by Gasteiger charge is -2.37. The number of halogens is 2. The number of aromatic nitrogens is 3. The summed E-state index contributed by atoms with van der Waals surface area (Å²) in [4.78, 5) is 7.78. The first kappa shape index (κ1) is 17.4. The van der Waals surface area contributed by atoms with E-state index in [1.54, 1.807) is 13.0 Å². The fraction of sp³-hybridized carbons (Fsp3) is 0.444. The Labute approximate surface area is 153 Å². The Kier molecular flexibility index (Phi) is 4.40. The number of nitrogens with zero attached hydrogens (tertiary/aromatic N) is 4. The predicted molar refractivity (Wildman–Crippen MR) is 95.4 cm³/mol. The zero-order valence-corrected chi connectivity index (χ0v) is 15.4. The third-order valence-corrected chi connectivity index (χ3v) is 5.94. The Bertz CT molecular complexity index is 954. The SMILES string of the molecule is Cc1nc2sc([C@H](c3ccc(F)c(F)c3)N3CCC[C@@H](C)C3)c(O)n2n1. The van der Waals surface area contributed by atoms with Crippen LogP contribution < -0.4 is 0 Å². The maximum atomic E-state index is 13.9. The molecule has 3 aromatic rings. The van der Waals surface area contributed by atoms with Gasteiger partial charge in [0.1, 0.15) is 5.82 Å². The average molecular weight is 378 g/mol. The summed E-state index contributed by atoms with van der Waals surface area (Å²) in [7, 11) is 0. The second kappa shape index (κ2) is 6.59. The molecule has 1 aliphatic rings. The van der Waals surface area contributed by atoms with Gasteiger partial charge < -0.3 is 5.11 Å². The van der Waals surface area contributed by atoms with E-state index in [2.05, 4.69) is 21.9 Å². The molecule has 0 aliphatic carbocycles. The number of hydrogen-bond donors (Lipinski definition) is 1. The Morgan fingerprint density at radius 2 is 2.12 bits per heavy atom. The van der Waals surface area contributed by atoms with Crippen LogP contribution in [0.1, 0.15) is 42.1 Å². The van der Waals surface area contributed by atoms with Gasteiger partial charge in [0.25, 0.3) is 0 Å². The molecular weight excluding hydrogens is 358 g/mol. The van der Waals surface area contributed by atoms with E-state index in [-0.39, 0.29) is 11.9 Å². The van der Waals surface area contributed by atoms with Crippen LogP contribution >= 0.6 is 11.3 Å². The largest absolute Gasteiger partial charge is 0.492 e. The second-order valence-corrected chi connectivity index (χ2v) is 7.97. The van der Waals surface area contributed by atoms with E-state index in [9.17, 15) is 13.9 Å². The Balaban J connectivity index is 1.84. The summed E-state index contributed by atoms with van der Waals surface area (Å²) in [5.41, 5.74) is 0.620. The minimum atomic E-state index is -0.882. The van der Waals surface area contributed by atoms with Gasteiger partial charge in [0.05, 0.1) is 10.9 Å². The molecule has 26 heavy (non-hydrogen) atoms. The molecule has 0 amide bonds. The maximum Gasteiger partial charge on any atom is 0.230 e. The summed E-state index contributed by atoms with van der Waals surface area (Å²) in [5.74, 6) is -0.662. The molecule has 4 rings (SSSR count). The lowest BCUT2D eigenvalue weighted by molar-refractivity contribution is 0.149. The zero-order chi connectivity index (χ0) is 18.4. The summed E-state index contributed by atoms with van der Waals surface area (Å²) in [6.07, 6.45) is 2.17. The van der Waals surface area contributed by atoms with Gasteiger partial charge in [-0.3, -0.25) is 4.90 Å². The van der Waals surface area contributed by atoms with E-state index in [0.29, 0.717) is 27.1 Å². The summed E-state index contributed by atoms with van der Waals surface area (Å²) in [6.45, 7) is 5.61. The van der Waals surface area contributed by atoms with Crippen molar-refractivity contribution >= 4 is 16.3 Å². The average Bonchev–Trinajstić information content (AvgIpc) is 3.09. The van der Waals surface area contributed by atoms with Crippen LogP contribution in [0.4, 0.5) is 8.78 Å². The highest BCUT2D eigenvalue weighted by atomic mass is 32.1. The number of hydrogen-bond acceptors (Lipinski definition) is 5. The van der Waals surface area contributed by atoms with Crippen molar-refractivity contribution in [2.75, 3.05) is 13.1 Å². The Hall–Kier alpha value is -2.06. The molecule has 2 atom stereocenters. The van der Waals surface area contributed by atoms with E-state index in [1.807, 2.05) is 0 Å². The smallest absolute Gasteiger partial charge is 0.230 e. The fourth-order valence-electron chi connectivity index (χ4n) is 3.70. The van der Waals surface area contributed by atoms with Gasteiger partial charge in [-0.25, -0.2) is 13.8 Å². The molecule has 0 saturated carbocycles. The van der Waals surface area contributed by atoms with Crippen LogP contribution in [-0.4, -0.2) is 37.7 Å². The van der Waals surface area contributed by atoms with Crippen LogP contribution in [-0.2, 0) is 0 Å². The first-order valence-corrected chi connectivity index (χ1v) is 9.49. The van der Waals surface area contributed by atoms with E-state index in [4.69, 9.17) is 0 Å². The van der Waals surface area contributed by atoms with Crippen LogP contribution in [0.5, 0.6) is 5.88 Å². The number of aryl methyl sites for hydroxylation is 1. The number of thiazole rings is 1. The molecule has 1 saturated heterocycles. The van der Waals surface area contributed by atoms with Crippen molar-refractivity contribution < 1.29 is 13.9 Å². The van der Waals surface area contributed by atoms with Gasteiger partial charge in [0.15, 0.2) is 11.6 Å². The molecule has 0 unspecified atom stereocenters. The molecule has 1 aromatic carbocycles. The van der Waals surface area contributed by atoms with E-state index < -0.39 is 11.6 Å². The van der Waals surface area contributed by atoms with Gasteiger partial charge in [-0.05, 0) is 49.9 Å². The molecule has 8 heteroatoms. The molecule has 0 radical (unpaired) electrons. The van der Waals surface area contributed by atoms with Gasteiger partial charge in [0, 0.05) is 6.54 Å². The molecule has 0 spiro atoms. The van der Waals surface area contributed by atoms with E-state index >= 15 is 0 Å². The zero-order valence-electron chi connectivity index (χ0n) is 14.6. The van der Waals surface area contributed by atoms with Crippen LogP contribution in [0.25, 0.3) is 4.96 Å². The van der Waals surface area contributed by atoms with Crippen molar-refractivity contribution in [1.29, 1.82) is 0 Å². The summed E-state index contributed by atoms with van der Waals surface area (Å²) in [6, 6.07) is 3.59. The molecule has 138 valence electrons. The number of piperidine rings is 1. The number of aromatic hydroxyl groups is 1. The normalized spacial score (nSPS) is 19.9. The van der Waals surface area contributed by atoms with Crippen molar-refractivity contribution in [3.63, 3.8) is 0 Å². The van der Waals surface area contributed by atoms with Crippen molar-refractivity contribution in [3.05, 3.63) is 46.1 Å². The standard InChI is InChI=1S/C18H20F2N4OS/c1-10-4-3-7-23(9-10)15(12-5-6-13(19)14(20)8-12)16-17(25)24-18(26-16)21-11(2)22-24/h5-6,8,10,15,25H,3-4,7,9H2,1-2H3/t10-,15+/m1/s1. The quantitative estimate of drug-likeness (QED) is 0.751. The van der Waals surface area contributed by atoms with Gasteiger partial charge >= 0.3 is 0 Å². The fourth-order valence-corrected chi connectivity index (χ4v) is 4.86. The van der Waals surface area contributed by atoms with E-state index in [1.165, 1.54) is 21.9 Å². The first-order valence-electron chi connectivity index (χ1n) is 8.68. The monoisotopic (exact) mass is 378 g/mol. The van der Waals surface area contributed by atoms with Gasteiger partial charge in [0.2, 0.25) is 10.8 Å². The number of benzene rings is 1. The van der Waals surface area contributed by atoms with Gasteiger partial charge in [-0.1, -0.05) is 24.3 Å². The number of rotatable bonds is 3. The van der Waals surface area contributed by atoms with Crippen molar-refractivity contribution in [3.8, 4) is 5.88 Å². The molecule has 0 bridgehead atoms. The highest BCUT2D eigenvalue weighted by Gasteiger charge is 2.32. The van der Waals surface area contributed by atoms with E-state index in [0.717, 1.165) is 32.0 Å². The molecular formula is C18H20F2N4OS. The minimum absolute atomic E-state index is 0.0126.